The van der Waals surface area contributed by atoms with E-state index in [0.29, 0.717) is 0 Å². The van der Waals surface area contributed by atoms with E-state index in [1.54, 1.807) is 0 Å². The van der Waals surface area contributed by atoms with Gasteiger partial charge in [-0.25, -0.2) is 4.98 Å². The van der Waals surface area contributed by atoms with E-state index >= 15 is 0 Å². The fourth-order valence-corrected chi connectivity index (χ4v) is 4.16. The molecular formula is C28H30N2O. The maximum absolute atomic E-state index is 12.5. The number of aryl methyl sites for hydroxylation is 3. The number of nitrogens with zero attached hydrogens (tertiary/aromatic N) is 2. The van der Waals surface area contributed by atoms with E-state index in [-0.39, 0.29) is 5.43 Å². The highest BCUT2D eigenvalue weighted by Gasteiger charge is 2.13. The minimum absolute atomic E-state index is 0.101. The van der Waals surface area contributed by atoms with Crippen molar-refractivity contribution in [3.8, 4) is 11.1 Å². The van der Waals surface area contributed by atoms with Crippen LogP contribution in [-0.2, 0) is 13.0 Å². The molecule has 0 spiro atoms. The Kier molecular flexibility index (Phi) is 6.31. The smallest absolute Gasteiger partial charge is 0.184 e. The first kappa shape index (κ1) is 21.0. The van der Waals surface area contributed by atoms with Crippen LogP contribution in [0, 0.1) is 13.8 Å². The van der Waals surface area contributed by atoms with Crippen LogP contribution in [0.3, 0.4) is 0 Å². The molecule has 158 valence electrons. The van der Waals surface area contributed by atoms with Crippen LogP contribution in [0.4, 0.5) is 0 Å². The van der Waals surface area contributed by atoms with E-state index in [2.05, 4.69) is 60.0 Å². The molecule has 4 rings (SSSR count). The van der Waals surface area contributed by atoms with E-state index in [9.17, 15) is 4.79 Å². The molecule has 4 aromatic rings. The minimum atomic E-state index is 0.101. The highest BCUT2D eigenvalue weighted by molar-refractivity contribution is 5.77. The summed E-state index contributed by atoms with van der Waals surface area (Å²) in [6.45, 7) is 6.76. The molecule has 3 heteroatoms. The molecule has 0 atom stereocenters. The maximum atomic E-state index is 12.5. The molecule has 0 saturated carbocycles. The second kappa shape index (κ2) is 9.30. The zero-order valence-corrected chi connectivity index (χ0v) is 18.7. The lowest BCUT2D eigenvalue weighted by molar-refractivity contribution is 0.659. The summed E-state index contributed by atoms with van der Waals surface area (Å²) in [4.78, 5) is 17.4. The number of fused-ring (bicyclic) bond motifs is 1. The Morgan fingerprint density at radius 3 is 2.23 bits per heavy atom. The van der Waals surface area contributed by atoms with Crippen molar-refractivity contribution in [1.29, 1.82) is 0 Å². The summed E-state index contributed by atoms with van der Waals surface area (Å²) < 4.78 is 2.30. The van der Waals surface area contributed by atoms with Crippen LogP contribution in [0.2, 0.25) is 0 Å². The number of rotatable bonds is 7. The van der Waals surface area contributed by atoms with Gasteiger partial charge in [-0.15, -0.1) is 0 Å². The van der Waals surface area contributed by atoms with Crippen LogP contribution in [0.25, 0.3) is 22.2 Å². The van der Waals surface area contributed by atoms with Gasteiger partial charge in [0.1, 0.15) is 5.82 Å². The third-order valence-corrected chi connectivity index (χ3v) is 5.94. The van der Waals surface area contributed by atoms with E-state index < -0.39 is 0 Å². The fraction of sp³-hybridized carbons (Fsp3) is 0.286. The molecule has 0 unspecified atom stereocenters. The van der Waals surface area contributed by atoms with Crippen LogP contribution in [0.1, 0.15) is 48.7 Å². The van der Waals surface area contributed by atoms with Crippen molar-refractivity contribution in [3.05, 3.63) is 99.5 Å². The summed E-state index contributed by atoms with van der Waals surface area (Å²) in [6.07, 6.45) is 4.47. The van der Waals surface area contributed by atoms with Gasteiger partial charge < -0.3 is 4.57 Å². The topological polar surface area (TPSA) is 34.9 Å². The molecule has 0 radical (unpaired) electrons. The van der Waals surface area contributed by atoms with Gasteiger partial charge in [0.2, 0.25) is 0 Å². The largest absolute Gasteiger partial charge is 0.323 e. The average Bonchev–Trinajstić information content (AvgIpc) is 3.04. The molecule has 1 aromatic heterocycles. The van der Waals surface area contributed by atoms with Gasteiger partial charge in [0.25, 0.3) is 0 Å². The van der Waals surface area contributed by atoms with Crippen molar-refractivity contribution in [2.24, 2.45) is 0 Å². The standard InChI is InChI=1S/C28H30N2O/c1-4-5-7-12-27-29-25-17-20(2)28(31)21(3)18-26(25)30(27)19-22-13-15-24(16-14-22)23-10-8-6-9-11-23/h6,8-11,13-18H,4-5,7,12,19H2,1-3H3. The van der Waals surface area contributed by atoms with E-state index in [4.69, 9.17) is 4.98 Å². The summed E-state index contributed by atoms with van der Waals surface area (Å²) in [5.74, 6) is 1.10. The number of aromatic nitrogens is 2. The molecule has 0 aliphatic heterocycles. The fourth-order valence-electron chi connectivity index (χ4n) is 4.16. The first-order valence-corrected chi connectivity index (χ1v) is 11.2. The molecular weight excluding hydrogens is 380 g/mol. The maximum Gasteiger partial charge on any atom is 0.184 e. The van der Waals surface area contributed by atoms with Gasteiger partial charge in [-0.1, -0.05) is 74.4 Å². The zero-order chi connectivity index (χ0) is 21.8. The van der Waals surface area contributed by atoms with Crippen molar-refractivity contribution < 1.29 is 0 Å². The lowest BCUT2D eigenvalue weighted by Crippen LogP contribution is -2.07. The van der Waals surface area contributed by atoms with Crippen LogP contribution < -0.4 is 5.43 Å². The van der Waals surface area contributed by atoms with Gasteiger partial charge in [-0.05, 0) is 60.2 Å². The van der Waals surface area contributed by atoms with Gasteiger partial charge >= 0.3 is 0 Å². The number of hydrogen-bond acceptors (Lipinski definition) is 2. The lowest BCUT2D eigenvalue weighted by Gasteiger charge is -2.10. The average molecular weight is 411 g/mol. The molecule has 0 saturated heterocycles. The molecule has 0 aliphatic rings. The number of unbranched alkanes of at least 4 members (excludes halogenated alkanes) is 2. The number of hydrogen-bond donors (Lipinski definition) is 0. The SMILES string of the molecule is CCCCCc1nc2cc(C)c(=O)c(C)cc2n1Cc1ccc(-c2ccccc2)cc1. The molecule has 0 fully saturated rings. The van der Waals surface area contributed by atoms with Crippen molar-refractivity contribution >= 4 is 11.0 Å². The summed E-state index contributed by atoms with van der Waals surface area (Å²) in [5.41, 5.74) is 7.26. The Morgan fingerprint density at radius 2 is 1.52 bits per heavy atom. The van der Waals surface area contributed by atoms with Crippen molar-refractivity contribution in [2.75, 3.05) is 0 Å². The predicted molar refractivity (Wildman–Crippen MR) is 130 cm³/mol. The quantitative estimate of drug-likeness (QED) is 0.328. The molecule has 31 heavy (non-hydrogen) atoms. The summed E-state index contributed by atoms with van der Waals surface area (Å²) in [6, 6.07) is 23.2. The van der Waals surface area contributed by atoms with E-state index in [1.165, 1.54) is 29.5 Å². The van der Waals surface area contributed by atoms with Gasteiger partial charge in [0, 0.05) is 13.0 Å². The Hall–Kier alpha value is -3.20. The van der Waals surface area contributed by atoms with E-state index in [1.807, 2.05) is 32.0 Å². The molecule has 3 nitrogen and oxygen atoms in total. The summed E-state index contributed by atoms with van der Waals surface area (Å²) in [5, 5.41) is 0. The Labute approximate surface area is 184 Å². The van der Waals surface area contributed by atoms with Crippen LogP contribution in [-0.4, -0.2) is 9.55 Å². The minimum Gasteiger partial charge on any atom is -0.323 e. The second-order valence-corrected chi connectivity index (χ2v) is 8.39. The number of imidazole rings is 1. The highest BCUT2D eigenvalue weighted by atomic mass is 16.1. The van der Waals surface area contributed by atoms with Gasteiger partial charge in [-0.3, -0.25) is 4.79 Å². The second-order valence-electron chi connectivity index (χ2n) is 8.39. The Balaban J connectivity index is 1.74. The Morgan fingerprint density at radius 1 is 0.839 bits per heavy atom. The van der Waals surface area contributed by atoms with Crippen molar-refractivity contribution in [2.45, 2.75) is 53.0 Å². The number of benzene rings is 2. The molecule has 0 aliphatic carbocycles. The van der Waals surface area contributed by atoms with Crippen LogP contribution in [0.5, 0.6) is 0 Å². The van der Waals surface area contributed by atoms with Crippen LogP contribution in [0.15, 0.2) is 71.5 Å². The molecule has 3 aromatic carbocycles. The third kappa shape index (κ3) is 4.61. The highest BCUT2D eigenvalue weighted by Crippen LogP contribution is 2.23. The summed E-state index contributed by atoms with van der Waals surface area (Å²) in [7, 11) is 0. The molecule has 0 bridgehead atoms. The van der Waals surface area contributed by atoms with Crippen LogP contribution >= 0.6 is 0 Å². The van der Waals surface area contributed by atoms with E-state index in [0.717, 1.165) is 47.4 Å². The monoisotopic (exact) mass is 410 g/mol. The zero-order valence-electron chi connectivity index (χ0n) is 18.7. The first-order valence-electron chi connectivity index (χ1n) is 11.2. The summed E-state index contributed by atoms with van der Waals surface area (Å²) >= 11 is 0. The van der Waals surface area contributed by atoms with Crippen molar-refractivity contribution in [3.63, 3.8) is 0 Å². The first-order chi connectivity index (χ1) is 15.1. The van der Waals surface area contributed by atoms with Gasteiger partial charge in [0.05, 0.1) is 11.0 Å². The third-order valence-electron chi connectivity index (χ3n) is 5.94. The molecule has 0 N–H and O–H groups in total. The Bertz CT molecular complexity index is 1240. The van der Waals surface area contributed by atoms with Gasteiger partial charge in [0.15, 0.2) is 5.43 Å². The van der Waals surface area contributed by atoms with Crippen molar-refractivity contribution in [1.82, 2.24) is 9.55 Å². The lowest BCUT2D eigenvalue weighted by atomic mass is 10.0. The molecule has 0 amide bonds. The predicted octanol–water partition coefficient (Wildman–Crippen LogP) is 6.46. The normalized spacial score (nSPS) is 11.2. The molecule has 1 heterocycles. The van der Waals surface area contributed by atoms with Gasteiger partial charge in [-0.2, -0.15) is 0 Å².